The highest BCUT2D eigenvalue weighted by Crippen LogP contribution is 2.26. The Morgan fingerprint density at radius 1 is 1.27 bits per heavy atom. The zero-order chi connectivity index (χ0) is 7.84. The average molecular weight is 160 g/mol. The van der Waals surface area contributed by atoms with Crippen LogP contribution in [-0.4, -0.2) is 13.0 Å². The fraction of sp³-hybridized carbons (Fsp3) is 0. The van der Waals surface area contributed by atoms with E-state index < -0.39 is 0 Å². The van der Waals surface area contributed by atoms with Gasteiger partial charge in [0.2, 0.25) is 0 Å². The van der Waals surface area contributed by atoms with Crippen LogP contribution < -0.4 is 5.46 Å². The maximum atomic E-state index is 9.43. The summed E-state index contributed by atoms with van der Waals surface area (Å²) in [5, 5.41) is 12.2. The summed E-state index contributed by atoms with van der Waals surface area (Å²) in [6, 6.07) is 5.49. The number of thiophene rings is 1. The third kappa shape index (κ3) is 0.924. The Labute approximate surface area is 69.7 Å². The minimum absolute atomic E-state index is 0.198. The van der Waals surface area contributed by atoms with Gasteiger partial charge < -0.3 is 5.11 Å². The van der Waals surface area contributed by atoms with Crippen molar-refractivity contribution < 1.29 is 5.11 Å². The van der Waals surface area contributed by atoms with Crippen LogP contribution in [0.1, 0.15) is 0 Å². The molecule has 2 aromatic rings. The molecule has 0 aliphatic rings. The Kier molecular flexibility index (Phi) is 1.39. The van der Waals surface area contributed by atoms with E-state index in [4.69, 9.17) is 7.85 Å². The van der Waals surface area contributed by atoms with Crippen molar-refractivity contribution in [3.8, 4) is 5.75 Å². The molecule has 0 saturated heterocycles. The van der Waals surface area contributed by atoms with Crippen LogP contribution in [0.3, 0.4) is 0 Å². The van der Waals surface area contributed by atoms with Gasteiger partial charge in [0.25, 0.3) is 0 Å². The molecule has 0 bridgehead atoms. The van der Waals surface area contributed by atoms with E-state index in [0.717, 1.165) is 10.1 Å². The van der Waals surface area contributed by atoms with Gasteiger partial charge >= 0.3 is 0 Å². The van der Waals surface area contributed by atoms with Gasteiger partial charge in [0.1, 0.15) is 13.6 Å². The van der Waals surface area contributed by atoms with Gasteiger partial charge in [0.05, 0.1) is 0 Å². The van der Waals surface area contributed by atoms with Crippen LogP contribution >= 0.6 is 11.3 Å². The third-order valence-electron chi connectivity index (χ3n) is 1.64. The molecule has 1 heterocycles. The molecule has 2 radical (unpaired) electrons. The highest BCUT2D eigenvalue weighted by Gasteiger charge is 2.01. The van der Waals surface area contributed by atoms with Gasteiger partial charge in [-0.15, -0.1) is 11.3 Å². The third-order valence-corrected chi connectivity index (χ3v) is 2.52. The van der Waals surface area contributed by atoms with Gasteiger partial charge in [0.15, 0.2) is 0 Å². The molecule has 0 unspecified atom stereocenters. The summed E-state index contributed by atoms with van der Waals surface area (Å²) in [4.78, 5) is 0. The fourth-order valence-corrected chi connectivity index (χ4v) is 1.83. The zero-order valence-corrected chi connectivity index (χ0v) is 6.56. The second-order valence-electron chi connectivity index (χ2n) is 2.34. The maximum Gasteiger partial charge on any atom is 0.119 e. The Hall–Kier alpha value is -0.955. The van der Waals surface area contributed by atoms with Gasteiger partial charge in [-0.1, -0.05) is 11.5 Å². The van der Waals surface area contributed by atoms with Crippen molar-refractivity contribution in [1.29, 1.82) is 0 Å². The topological polar surface area (TPSA) is 20.2 Å². The van der Waals surface area contributed by atoms with E-state index in [0.29, 0.717) is 5.46 Å². The van der Waals surface area contributed by atoms with Crippen molar-refractivity contribution in [2.45, 2.75) is 0 Å². The van der Waals surface area contributed by atoms with Crippen LogP contribution in [0.2, 0.25) is 0 Å². The second-order valence-corrected chi connectivity index (χ2v) is 3.28. The van der Waals surface area contributed by atoms with Gasteiger partial charge in [-0.25, -0.2) is 0 Å². The van der Waals surface area contributed by atoms with Crippen molar-refractivity contribution in [2.75, 3.05) is 0 Å². The standard InChI is InChI=1S/C8H5BOS/c9-6-1-2-7-5(8(6)10)3-4-11-7/h1-4,10H. The van der Waals surface area contributed by atoms with Gasteiger partial charge in [-0.2, -0.15) is 0 Å². The van der Waals surface area contributed by atoms with Gasteiger partial charge in [-0.05, 0) is 17.5 Å². The molecule has 0 amide bonds. The quantitative estimate of drug-likeness (QED) is 0.577. The lowest BCUT2D eigenvalue weighted by atomic mass is 9.94. The summed E-state index contributed by atoms with van der Waals surface area (Å²) >= 11 is 1.59. The molecule has 0 spiro atoms. The Morgan fingerprint density at radius 2 is 2.09 bits per heavy atom. The van der Waals surface area contributed by atoms with Gasteiger partial charge in [-0.3, -0.25) is 0 Å². The van der Waals surface area contributed by atoms with E-state index in [2.05, 4.69) is 0 Å². The minimum Gasteiger partial charge on any atom is -0.508 e. The molecule has 1 aromatic carbocycles. The highest BCUT2D eigenvalue weighted by atomic mass is 32.1. The van der Waals surface area contributed by atoms with Crippen molar-refractivity contribution in [2.24, 2.45) is 0 Å². The van der Waals surface area contributed by atoms with E-state index in [1.165, 1.54) is 0 Å². The number of rotatable bonds is 0. The lowest BCUT2D eigenvalue weighted by Crippen LogP contribution is -2.00. The van der Waals surface area contributed by atoms with Crippen molar-refractivity contribution in [1.82, 2.24) is 0 Å². The summed E-state index contributed by atoms with van der Waals surface area (Å²) in [7, 11) is 5.50. The summed E-state index contributed by atoms with van der Waals surface area (Å²) < 4.78 is 1.07. The summed E-state index contributed by atoms with van der Waals surface area (Å²) in [5.74, 6) is 0.198. The molecule has 52 valence electrons. The summed E-state index contributed by atoms with van der Waals surface area (Å²) in [5.41, 5.74) is 0.441. The molecule has 0 aliphatic heterocycles. The number of hydrogen-bond acceptors (Lipinski definition) is 2. The van der Waals surface area contributed by atoms with Crippen molar-refractivity contribution in [3.63, 3.8) is 0 Å². The number of phenolic OH excluding ortho intramolecular Hbond substituents is 1. The Balaban J connectivity index is 2.93. The average Bonchev–Trinajstić information content (AvgIpc) is 2.45. The lowest BCUT2D eigenvalue weighted by molar-refractivity contribution is 0.486. The van der Waals surface area contributed by atoms with E-state index in [1.54, 1.807) is 17.4 Å². The number of aromatic hydroxyl groups is 1. The predicted molar refractivity (Wildman–Crippen MR) is 48.9 cm³/mol. The SMILES string of the molecule is [B]c1ccc2sccc2c1O. The summed E-state index contributed by atoms with van der Waals surface area (Å²) in [6.45, 7) is 0. The largest absolute Gasteiger partial charge is 0.508 e. The monoisotopic (exact) mass is 160 g/mol. The molecule has 2 rings (SSSR count). The molecule has 0 aliphatic carbocycles. The number of phenols is 1. The molecular formula is C8H5BOS. The molecular weight excluding hydrogens is 155 g/mol. The first-order valence-electron chi connectivity index (χ1n) is 3.23. The molecule has 1 nitrogen and oxygen atoms in total. The van der Waals surface area contributed by atoms with Crippen LogP contribution in [0.4, 0.5) is 0 Å². The lowest BCUT2D eigenvalue weighted by Gasteiger charge is -1.98. The predicted octanol–water partition coefficient (Wildman–Crippen LogP) is 1.40. The molecule has 3 heteroatoms. The molecule has 1 N–H and O–H groups in total. The van der Waals surface area contributed by atoms with Crippen LogP contribution in [0.15, 0.2) is 23.6 Å². The molecule has 0 saturated carbocycles. The Bertz CT molecular complexity index is 394. The van der Waals surface area contributed by atoms with Crippen molar-refractivity contribution >= 4 is 34.7 Å². The van der Waals surface area contributed by atoms with E-state index in [-0.39, 0.29) is 5.75 Å². The van der Waals surface area contributed by atoms with E-state index in [9.17, 15) is 5.11 Å². The van der Waals surface area contributed by atoms with E-state index >= 15 is 0 Å². The number of benzene rings is 1. The van der Waals surface area contributed by atoms with Crippen LogP contribution in [0.5, 0.6) is 5.75 Å². The molecule has 0 atom stereocenters. The number of hydrogen-bond donors (Lipinski definition) is 1. The maximum absolute atomic E-state index is 9.43. The zero-order valence-electron chi connectivity index (χ0n) is 5.74. The number of fused-ring (bicyclic) bond motifs is 1. The molecule has 0 fully saturated rings. The minimum atomic E-state index is 0.198. The van der Waals surface area contributed by atoms with Crippen LogP contribution in [0, 0.1) is 0 Å². The fourth-order valence-electron chi connectivity index (χ4n) is 1.05. The smallest absolute Gasteiger partial charge is 0.119 e. The van der Waals surface area contributed by atoms with Crippen LogP contribution in [0.25, 0.3) is 10.1 Å². The van der Waals surface area contributed by atoms with Gasteiger partial charge in [0, 0.05) is 10.1 Å². The summed E-state index contributed by atoms with van der Waals surface area (Å²) in [6.07, 6.45) is 0. The molecule has 11 heavy (non-hydrogen) atoms. The normalized spacial score (nSPS) is 10.5. The first kappa shape index (κ1) is 6.74. The molecule has 1 aromatic heterocycles. The van der Waals surface area contributed by atoms with Crippen molar-refractivity contribution in [3.05, 3.63) is 23.6 Å². The van der Waals surface area contributed by atoms with Crippen LogP contribution in [-0.2, 0) is 0 Å². The highest BCUT2D eigenvalue weighted by molar-refractivity contribution is 7.17. The first-order valence-corrected chi connectivity index (χ1v) is 4.11. The second kappa shape index (κ2) is 2.27. The van der Waals surface area contributed by atoms with E-state index in [1.807, 2.05) is 17.5 Å². The Morgan fingerprint density at radius 3 is 2.91 bits per heavy atom. The first-order chi connectivity index (χ1) is 5.29.